The molecule has 11 aliphatic rings. The van der Waals surface area contributed by atoms with Crippen LogP contribution in [-0.4, -0.2) is 64.3 Å². The van der Waals surface area contributed by atoms with Crippen molar-refractivity contribution in [3.8, 4) is 0 Å². The van der Waals surface area contributed by atoms with Gasteiger partial charge in [-0.2, -0.15) is 0 Å². The molecule has 0 aromatic rings. The van der Waals surface area contributed by atoms with Crippen molar-refractivity contribution in [2.45, 2.75) is 312 Å². The van der Waals surface area contributed by atoms with Crippen LogP contribution < -0.4 is 10.6 Å². The van der Waals surface area contributed by atoms with Gasteiger partial charge in [0.2, 0.25) is 0 Å². The van der Waals surface area contributed by atoms with Crippen molar-refractivity contribution in [3.63, 3.8) is 0 Å². The summed E-state index contributed by atoms with van der Waals surface area (Å²) in [6.45, 7) is 2.72. The molecule has 4 nitrogen and oxygen atoms in total. The van der Waals surface area contributed by atoms with Crippen LogP contribution in [0.5, 0.6) is 0 Å². The van der Waals surface area contributed by atoms with Crippen molar-refractivity contribution in [2.75, 3.05) is 0 Å². The van der Waals surface area contributed by atoms with Gasteiger partial charge in [-0.3, -0.25) is 20.4 Å². The zero-order valence-corrected chi connectivity index (χ0v) is 41.4. The Morgan fingerprint density at radius 3 is 1.48 bits per heavy atom. The molecule has 11 fully saturated rings. The molecule has 0 aromatic heterocycles. The molecular weight excluding hydrogens is 765 g/mol. The number of hydrogen-bond donors (Lipinski definition) is 2. The van der Waals surface area contributed by atoms with Crippen LogP contribution >= 0.6 is 0 Å². The molecule has 9 saturated carbocycles. The summed E-state index contributed by atoms with van der Waals surface area (Å²) in [5.74, 6) is 9.85. The van der Waals surface area contributed by atoms with Gasteiger partial charge in [-0.25, -0.2) is 0 Å². The average molecular weight is 867 g/mol. The fourth-order valence-corrected chi connectivity index (χ4v) is 20.0. The highest BCUT2D eigenvalue weighted by Gasteiger charge is 2.54. The van der Waals surface area contributed by atoms with Gasteiger partial charge in [0.05, 0.1) is 6.17 Å². The number of fused-ring (bicyclic) bond motifs is 3. The van der Waals surface area contributed by atoms with Gasteiger partial charge < -0.3 is 0 Å². The van der Waals surface area contributed by atoms with Gasteiger partial charge in [0.15, 0.2) is 0 Å². The topological polar surface area (TPSA) is 30.5 Å². The lowest BCUT2D eigenvalue weighted by Gasteiger charge is -2.51. The summed E-state index contributed by atoms with van der Waals surface area (Å²) in [5, 5.41) is 8.72. The molecule has 11 atom stereocenters. The third-order valence-corrected chi connectivity index (χ3v) is 23.1. The molecule has 0 bridgehead atoms. The number of nitrogens with one attached hydrogen (secondary N) is 2. The SMILES string of the molecule is CC1CC(C2CCC(N3C4CCCCC4C4CC(C5CCC(N(C6CCCCC6)C6CCCCC6)CC5)CCC43)CC2)CCC1C1CC(C2CCCCC2)NC(C2CCCCC2)N1. The molecule has 2 saturated heterocycles. The zero-order valence-electron chi connectivity index (χ0n) is 41.4. The van der Waals surface area contributed by atoms with E-state index in [1.54, 1.807) is 89.9 Å². The normalized spacial score (nSPS) is 46.1. The molecule has 0 aromatic carbocycles. The molecule has 63 heavy (non-hydrogen) atoms. The summed E-state index contributed by atoms with van der Waals surface area (Å²) >= 11 is 0. The van der Waals surface area contributed by atoms with Gasteiger partial charge >= 0.3 is 0 Å². The molecule has 0 radical (unpaired) electrons. The summed E-state index contributed by atoms with van der Waals surface area (Å²) in [4.78, 5) is 6.58. The molecular formula is C59H102N4. The second kappa shape index (κ2) is 21.2. The summed E-state index contributed by atoms with van der Waals surface area (Å²) in [6.07, 6.45) is 59.8. The Labute approximate surface area is 389 Å². The van der Waals surface area contributed by atoms with Gasteiger partial charge in [-0.05, 0) is 220 Å². The highest BCUT2D eigenvalue weighted by atomic mass is 15.3. The molecule has 11 rings (SSSR count). The summed E-state index contributed by atoms with van der Waals surface area (Å²) in [5.41, 5.74) is 0. The van der Waals surface area contributed by atoms with Crippen LogP contribution in [0.2, 0.25) is 0 Å². The van der Waals surface area contributed by atoms with Gasteiger partial charge in [0.25, 0.3) is 0 Å². The molecule has 0 spiro atoms. The lowest BCUT2D eigenvalue weighted by Crippen LogP contribution is -2.65. The van der Waals surface area contributed by atoms with Crippen LogP contribution in [-0.2, 0) is 0 Å². The highest BCUT2D eigenvalue weighted by Crippen LogP contribution is 2.56. The smallest absolute Gasteiger partial charge is 0.0605 e. The fourth-order valence-electron chi connectivity index (χ4n) is 20.0. The van der Waals surface area contributed by atoms with Crippen LogP contribution in [0.1, 0.15) is 257 Å². The maximum Gasteiger partial charge on any atom is 0.0605 e. The lowest BCUT2D eigenvalue weighted by atomic mass is 9.64. The third kappa shape index (κ3) is 10.00. The van der Waals surface area contributed by atoms with E-state index in [2.05, 4.69) is 27.4 Å². The van der Waals surface area contributed by atoms with Gasteiger partial charge in [0, 0.05) is 48.3 Å². The standard InChI is InChI=1S/C59H102N4/c1-41-38-46(30-36-52(41)56-40-55(44-16-6-2-7-17-44)60-59(61-56)45-18-8-3-9-19-45)42-28-34-51(35-29-42)63-57-25-15-14-24-53(57)54-39-47(31-37-58(54)63)43-26-32-50(33-27-43)62(48-20-10-4-11-21-48)49-22-12-5-13-23-49/h41-61H,2-40H2,1H3. The minimum absolute atomic E-state index is 0.591. The Hall–Kier alpha value is -0.160. The highest BCUT2D eigenvalue weighted by molar-refractivity contribution is 5.08. The van der Waals surface area contributed by atoms with Gasteiger partial charge in [-0.1, -0.05) is 96.8 Å². The van der Waals surface area contributed by atoms with Crippen molar-refractivity contribution in [1.82, 2.24) is 20.4 Å². The van der Waals surface area contributed by atoms with E-state index < -0.39 is 0 Å². The van der Waals surface area contributed by atoms with Crippen molar-refractivity contribution in [3.05, 3.63) is 0 Å². The molecule has 2 heterocycles. The van der Waals surface area contributed by atoms with E-state index in [4.69, 9.17) is 0 Å². The second-order valence-electron chi connectivity index (χ2n) is 26.2. The summed E-state index contributed by atoms with van der Waals surface area (Å²) in [7, 11) is 0. The van der Waals surface area contributed by atoms with Crippen LogP contribution in [0, 0.1) is 59.2 Å². The third-order valence-electron chi connectivity index (χ3n) is 23.1. The predicted molar refractivity (Wildman–Crippen MR) is 265 cm³/mol. The van der Waals surface area contributed by atoms with Crippen LogP contribution in [0.4, 0.5) is 0 Å². The molecule has 358 valence electrons. The van der Waals surface area contributed by atoms with E-state index in [0.29, 0.717) is 6.17 Å². The van der Waals surface area contributed by atoms with Crippen molar-refractivity contribution in [2.24, 2.45) is 59.2 Å². The molecule has 2 N–H and O–H groups in total. The predicted octanol–water partition coefficient (Wildman–Crippen LogP) is 14.6. The van der Waals surface area contributed by atoms with Crippen molar-refractivity contribution < 1.29 is 0 Å². The quantitative estimate of drug-likeness (QED) is 0.242. The second-order valence-corrected chi connectivity index (χ2v) is 26.2. The number of likely N-dealkylation sites (tertiary alicyclic amines) is 1. The Morgan fingerprint density at radius 1 is 0.333 bits per heavy atom. The van der Waals surface area contributed by atoms with Crippen molar-refractivity contribution >= 4 is 0 Å². The Bertz CT molecular complexity index is 1330. The van der Waals surface area contributed by atoms with Crippen LogP contribution in [0.15, 0.2) is 0 Å². The maximum atomic E-state index is 4.40. The first kappa shape index (κ1) is 45.3. The Balaban J connectivity index is 0.681. The summed E-state index contributed by atoms with van der Waals surface area (Å²) < 4.78 is 0. The number of nitrogens with zero attached hydrogens (tertiary/aromatic N) is 2. The molecule has 0 amide bonds. The first-order valence-corrected chi connectivity index (χ1v) is 30.2. The van der Waals surface area contributed by atoms with E-state index in [9.17, 15) is 0 Å². The van der Waals surface area contributed by atoms with E-state index in [1.165, 1.54) is 161 Å². The van der Waals surface area contributed by atoms with E-state index in [1.807, 2.05) is 0 Å². The monoisotopic (exact) mass is 867 g/mol. The average Bonchev–Trinajstić information content (AvgIpc) is 3.69. The summed E-state index contributed by atoms with van der Waals surface area (Å²) in [6, 6.07) is 7.14. The minimum atomic E-state index is 0.591. The Morgan fingerprint density at radius 2 is 0.825 bits per heavy atom. The lowest BCUT2D eigenvalue weighted by molar-refractivity contribution is 0.00171. The fraction of sp³-hybridized carbons (Fsp3) is 1.00. The van der Waals surface area contributed by atoms with Gasteiger partial charge in [0.1, 0.15) is 0 Å². The molecule has 2 aliphatic heterocycles. The zero-order chi connectivity index (χ0) is 42.1. The van der Waals surface area contributed by atoms with E-state index in [0.717, 1.165) is 108 Å². The molecule has 11 unspecified atom stereocenters. The number of hydrogen-bond acceptors (Lipinski definition) is 4. The Kier molecular flexibility index (Phi) is 15.3. The van der Waals surface area contributed by atoms with Crippen LogP contribution in [0.3, 0.4) is 0 Å². The van der Waals surface area contributed by atoms with E-state index >= 15 is 0 Å². The first-order valence-electron chi connectivity index (χ1n) is 30.2. The van der Waals surface area contributed by atoms with E-state index in [-0.39, 0.29) is 0 Å². The number of rotatable bonds is 9. The van der Waals surface area contributed by atoms with Gasteiger partial charge in [-0.15, -0.1) is 0 Å². The molecule has 9 aliphatic carbocycles. The van der Waals surface area contributed by atoms with Crippen LogP contribution in [0.25, 0.3) is 0 Å². The maximum absolute atomic E-state index is 4.40. The minimum Gasteiger partial charge on any atom is -0.299 e. The largest absolute Gasteiger partial charge is 0.299 e. The van der Waals surface area contributed by atoms with Crippen molar-refractivity contribution in [1.29, 1.82) is 0 Å². The first-order chi connectivity index (χ1) is 31.1. The molecule has 4 heteroatoms.